The highest BCUT2D eigenvalue weighted by atomic mass is 19.3. The van der Waals surface area contributed by atoms with E-state index in [9.17, 15) is 8.78 Å². The summed E-state index contributed by atoms with van der Waals surface area (Å²) in [5, 5.41) is 6.59. The van der Waals surface area contributed by atoms with E-state index in [0.29, 0.717) is 11.4 Å². The molecule has 0 saturated carbocycles. The van der Waals surface area contributed by atoms with Gasteiger partial charge in [0.1, 0.15) is 24.0 Å². The Balaban J connectivity index is 1.46. The van der Waals surface area contributed by atoms with Crippen LogP contribution in [0.3, 0.4) is 0 Å². The lowest BCUT2D eigenvalue weighted by molar-refractivity contribution is 0.143. The molecule has 3 aromatic rings. The van der Waals surface area contributed by atoms with Gasteiger partial charge in [0.15, 0.2) is 0 Å². The standard InChI is InChI=1S/C28H36F2N6O/c1-28(2,3)16-21(31)18-37-24-6-4-19(14-23(24)27(29)30)20-8-9-33-25(15-20)35-22-5-7-26(34-17-22)36-12-10-32-11-13-36/h4-9,14-15,17,21,27,32H,10-13,16,18,31H2,1-3H3,(H,33,35)/t21-/m0/s1. The van der Waals surface area contributed by atoms with E-state index in [4.69, 9.17) is 10.5 Å². The number of nitrogens with zero attached hydrogens (tertiary/aromatic N) is 3. The molecule has 0 unspecified atom stereocenters. The largest absolute Gasteiger partial charge is 0.491 e. The molecule has 7 nitrogen and oxygen atoms in total. The maximum Gasteiger partial charge on any atom is 0.267 e. The van der Waals surface area contributed by atoms with Gasteiger partial charge in [0, 0.05) is 38.4 Å². The van der Waals surface area contributed by atoms with Crippen molar-refractivity contribution in [2.75, 3.05) is 43.0 Å². The van der Waals surface area contributed by atoms with E-state index in [2.05, 4.69) is 46.3 Å². The maximum absolute atomic E-state index is 13.9. The second-order valence-corrected chi connectivity index (χ2v) is 10.6. The van der Waals surface area contributed by atoms with Crippen LogP contribution < -0.4 is 26.0 Å². The highest BCUT2D eigenvalue weighted by molar-refractivity contribution is 5.70. The molecule has 1 aromatic carbocycles. The van der Waals surface area contributed by atoms with Gasteiger partial charge in [0.25, 0.3) is 6.43 Å². The van der Waals surface area contributed by atoms with Crippen molar-refractivity contribution in [1.82, 2.24) is 15.3 Å². The zero-order valence-electron chi connectivity index (χ0n) is 21.7. The highest BCUT2D eigenvalue weighted by Gasteiger charge is 2.19. The molecular formula is C28H36F2N6O. The molecule has 4 N–H and O–H groups in total. The van der Waals surface area contributed by atoms with Crippen molar-refractivity contribution in [3.8, 4) is 16.9 Å². The number of hydrogen-bond donors (Lipinski definition) is 3. The molecule has 1 aliphatic rings. The van der Waals surface area contributed by atoms with E-state index in [0.717, 1.165) is 49.7 Å². The van der Waals surface area contributed by atoms with E-state index in [1.54, 1.807) is 30.6 Å². The number of halogens is 2. The van der Waals surface area contributed by atoms with E-state index < -0.39 is 6.43 Å². The van der Waals surface area contributed by atoms with Crippen molar-refractivity contribution in [1.29, 1.82) is 0 Å². The first-order chi connectivity index (χ1) is 17.7. The van der Waals surface area contributed by atoms with Crippen LogP contribution >= 0.6 is 0 Å². The minimum absolute atomic E-state index is 0.0361. The quantitative estimate of drug-likeness (QED) is 0.356. The molecule has 0 bridgehead atoms. The van der Waals surface area contributed by atoms with Crippen LogP contribution in [0.4, 0.5) is 26.1 Å². The van der Waals surface area contributed by atoms with Gasteiger partial charge in [-0.05, 0) is 59.4 Å². The lowest BCUT2D eigenvalue weighted by atomic mass is 9.89. The van der Waals surface area contributed by atoms with Gasteiger partial charge in [-0.3, -0.25) is 0 Å². The molecule has 2 aromatic heterocycles. The molecule has 0 aliphatic carbocycles. The molecule has 0 radical (unpaired) electrons. The number of nitrogens with two attached hydrogens (primary N) is 1. The average molecular weight is 511 g/mol. The molecule has 4 rings (SSSR count). The lowest BCUT2D eigenvalue weighted by Gasteiger charge is -2.28. The fourth-order valence-electron chi connectivity index (χ4n) is 4.44. The number of pyridine rings is 2. The summed E-state index contributed by atoms with van der Waals surface area (Å²) in [6.07, 6.45) is 1.49. The number of piperazine rings is 1. The van der Waals surface area contributed by atoms with Gasteiger partial charge in [-0.25, -0.2) is 18.7 Å². The number of benzene rings is 1. The first kappa shape index (κ1) is 26.8. The first-order valence-corrected chi connectivity index (χ1v) is 12.6. The molecule has 1 aliphatic heterocycles. The maximum atomic E-state index is 13.9. The third-order valence-corrected chi connectivity index (χ3v) is 6.13. The predicted molar refractivity (Wildman–Crippen MR) is 145 cm³/mol. The Kier molecular flexibility index (Phi) is 8.56. The number of nitrogens with one attached hydrogen (secondary N) is 2. The molecular weight excluding hydrogens is 474 g/mol. The van der Waals surface area contributed by atoms with Crippen LogP contribution in [0.15, 0.2) is 54.9 Å². The van der Waals surface area contributed by atoms with Crippen molar-refractivity contribution in [3.63, 3.8) is 0 Å². The molecule has 37 heavy (non-hydrogen) atoms. The Morgan fingerprint density at radius 1 is 1.05 bits per heavy atom. The predicted octanol–water partition coefficient (Wildman–Crippen LogP) is 5.38. The highest BCUT2D eigenvalue weighted by Crippen LogP contribution is 2.34. The van der Waals surface area contributed by atoms with Gasteiger partial charge in [-0.15, -0.1) is 0 Å². The van der Waals surface area contributed by atoms with E-state index >= 15 is 0 Å². The Hall–Kier alpha value is -3.30. The molecule has 0 amide bonds. The van der Waals surface area contributed by atoms with Gasteiger partial charge >= 0.3 is 0 Å². The SMILES string of the molecule is CC(C)(C)C[C@H](N)COc1ccc(-c2ccnc(Nc3ccc(N4CCNCC4)nc3)c2)cc1C(F)F. The number of alkyl halides is 2. The van der Waals surface area contributed by atoms with Gasteiger partial charge in [-0.1, -0.05) is 26.8 Å². The average Bonchev–Trinajstić information content (AvgIpc) is 2.87. The first-order valence-electron chi connectivity index (χ1n) is 12.6. The van der Waals surface area contributed by atoms with Gasteiger partial charge in [0.05, 0.1) is 17.4 Å². The van der Waals surface area contributed by atoms with Crippen molar-refractivity contribution in [3.05, 3.63) is 60.4 Å². The van der Waals surface area contributed by atoms with Crippen molar-refractivity contribution < 1.29 is 13.5 Å². The summed E-state index contributed by atoms with van der Waals surface area (Å²) in [5.74, 6) is 1.70. The van der Waals surface area contributed by atoms with Crippen LogP contribution in [0.5, 0.6) is 5.75 Å². The molecule has 0 spiro atoms. The monoisotopic (exact) mass is 510 g/mol. The molecule has 1 saturated heterocycles. The normalized spacial score (nSPS) is 15.1. The Bertz CT molecular complexity index is 1160. The number of rotatable bonds is 9. The molecule has 9 heteroatoms. The van der Waals surface area contributed by atoms with Gasteiger partial charge in [-0.2, -0.15) is 0 Å². The van der Waals surface area contributed by atoms with Crippen LogP contribution in [0.2, 0.25) is 0 Å². The van der Waals surface area contributed by atoms with Crippen LogP contribution in [0, 0.1) is 5.41 Å². The number of ether oxygens (including phenoxy) is 1. The Morgan fingerprint density at radius 3 is 2.49 bits per heavy atom. The van der Waals surface area contributed by atoms with Gasteiger partial charge < -0.3 is 26.0 Å². The number of anilines is 3. The second-order valence-electron chi connectivity index (χ2n) is 10.6. The fourth-order valence-corrected chi connectivity index (χ4v) is 4.44. The summed E-state index contributed by atoms with van der Waals surface area (Å²) >= 11 is 0. The van der Waals surface area contributed by atoms with Crippen LogP contribution in [0.1, 0.15) is 39.2 Å². The number of aromatic nitrogens is 2. The number of hydrogen-bond acceptors (Lipinski definition) is 7. The minimum atomic E-state index is -2.67. The summed E-state index contributed by atoms with van der Waals surface area (Å²) in [4.78, 5) is 11.2. The third kappa shape index (κ3) is 7.60. The van der Waals surface area contributed by atoms with Crippen LogP contribution in [0.25, 0.3) is 11.1 Å². The van der Waals surface area contributed by atoms with E-state index in [1.807, 2.05) is 18.2 Å². The topological polar surface area (TPSA) is 88.3 Å². The van der Waals surface area contributed by atoms with Crippen LogP contribution in [-0.4, -0.2) is 48.8 Å². The third-order valence-electron chi connectivity index (χ3n) is 6.13. The lowest BCUT2D eigenvalue weighted by Crippen LogP contribution is -2.43. The zero-order chi connectivity index (χ0) is 26.4. The summed E-state index contributed by atoms with van der Waals surface area (Å²) < 4.78 is 33.5. The Morgan fingerprint density at radius 2 is 1.81 bits per heavy atom. The second kappa shape index (κ2) is 11.8. The Labute approximate surface area is 217 Å². The zero-order valence-corrected chi connectivity index (χ0v) is 21.7. The summed E-state index contributed by atoms with van der Waals surface area (Å²) in [6, 6.07) is 12.2. The fraction of sp³-hybridized carbons (Fsp3) is 0.429. The van der Waals surface area contributed by atoms with E-state index in [-0.39, 0.29) is 29.4 Å². The summed E-state index contributed by atoms with van der Waals surface area (Å²) in [6.45, 7) is 10.2. The molecule has 1 atom stereocenters. The molecule has 3 heterocycles. The smallest absolute Gasteiger partial charge is 0.267 e. The van der Waals surface area contributed by atoms with Crippen molar-refractivity contribution in [2.24, 2.45) is 11.1 Å². The molecule has 198 valence electrons. The van der Waals surface area contributed by atoms with Crippen molar-refractivity contribution in [2.45, 2.75) is 39.7 Å². The van der Waals surface area contributed by atoms with Gasteiger partial charge in [0.2, 0.25) is 0 Å². The summed E-state index contributed by atoms with van der Waals surface area (Å²) in [5.41, 5.74) is 8.24. The van der Waals surface area contributed by atoms with Crippen molar-refractivity contribution >= 4 is 17.3 Å². The van der Waals surface area contributed by atoms with E-state index in [1.165, 1.54) is 6.07 Å². The van der Waals surface area contributed by atoms with Crippen LogP contribution in [-0.2, 0) is 0 Å². The summed E-state index contributed by atoms with van der Waals surface area (Å²) in [7, 11) is 0. The minimum Gasteiger partial charge on any atom is -0.491 e. The molecule has 1 fully saturated rings.